The van der Waals surface area contributed by atoms with Crippen LogP contribution < -0.4 is 0 Å². The predicted molar refractivity (Wildman–Crippen MR) is 40.1 cm³/mol. The lowest BCUT2D eigenvalue weighted by molar-refractivity contribution is -0.0766. The lowest BCUT2D eigenvalue weighted by Crippen LogP contribution is -2.28. The van der Waals surface area contributed by atoms with E-state index in [1.54, 1.807) is 7.05 Å². The molecular formula is C6H10N4O2. The van der Waals surface area contributed by atoms with Gasteiger partial charge >= 0.3 is 5.91 Å². The Morgan fingerprint density at radius 3 is 2.83 bits per heavy atom. The average Bonchev–Trinajstić information content (AvgIpc) is 2.48. The lowest BCUT2D eigenvalue weighted by atomic mass is 10.5. The van der Waals surface area contributed by atoms with Crippen LogP contribution in [0, 0.1) is 0 Å². The van der Waals surface area contributed by atoms with Crippen molar-refractivity contribution in [2.24, 2.45) is 7.05 Å². The largest absolute Gasteiger partial charge is 0.314 e. The summed E-state index contributed by atoms with van der Waals surface area (Å²) in [5, 5.41) is 4.84. The normalized spacial score (nSPS) is 9.92. The minimum Gasteiger partial charge on any atom is -0.274 e. The fraction of sp³-hybridized carbons (Fsp3) is 0.500. The number of nitrogens with zero attached hydrogens (tertiary/aromatic N) is 4. The molecule has 0 saturated carbocycles. The zero-order valence-electron chi connectivity index (χ0n) is 7.18. The molecule has 0 aliphatic heterocycles. The van der Waals surface area contributed by atoms with Crippen molar-refractivity contribution < 1.29 is 9.63 Å². The number of hydroxylamine groups is 2. The van der Waals surface area contributed by atoms with Crippen LogP contribution in [0.1, 0.15) is 10.6 Å². The molecule has 0 aromatic carbocycles. The van der Waals surface area contributed by atoms with Gasteiger partial charge in [-0.2, -0.15) is 5.10 Å². The zero-order valence-corrected chi connectivity index (χ0v) is 7.18. The van der Waals surface area contributed by atoms with Crippen molar-refractivity contribution >= 4 is 5.91 Å². The molecule has 1 heterocycles. The molecule has 0 spiro atoms. The maximum Gasteiger partial charge on any atom is 0.314 e. The van der Waals surface area contributed by atoms with Crippen LogP contribution >= 0.6 is 0 Å². The Kier molecular flexibility index (Phi) is 2.39. The summed E-state index contributed by atoms with van der Waals surface area (Å²) >= 11 is 0. The molecule has 0 saturated heterocycles. The summed E-state index contributed by atoms with van der Waals surface area (Å²) in [4.78, 5) is 19.8. The molecule has 0 aliphatic rings. The molecule has 6 nitrogen and oxygen atoms in total. The molecule has 66 valence electrons. The van der Waals surface area contributed by atoms with Crippen LogP contribution in [0.3, 0.4) is 0 Å². The Bertz CT molecular complexity index is 283. The van der Waals surface area contributed by atoms with Gasteiger partial charge in [0.2, 0.25) is 5.82 Å². The maximum atomic E-state index is 11.3. The Morgan fingerprint density at radius 1 is 1.75 bits per heavy atom. The van der Waals surface area contributed by atoms with E-state index in [1.165, 1.54) is 25.2 Å². The fourth-order valence-electron chi connectivity index (χ4n) is 0.714. The predicted octanol–water partition coefficient (Wildman–Crippen LogP) is -0.552. The van der Waals surface area contributed by atoms with Gasteiger partial charge in [-0.25, -0.2) is 14.7 Å². The van der Waals surface area contributed by atoms with Crippen molar-refractivity contribution in [2.45, 2.75) is 0 Å². The second kappa shape index (κ2) is 3.31. The number of rotatable bonds is 2. The Hall–Kier alpha value is -1.43. The van der Waals surface area contributed by atoms with Gasteiger partial charge < -0.3 is 0 Å². The third kappa shape index (κ3) is 1.42. The van der Waals surface area contributed by atoms with Crippen molar-refractivity contribution in [3.8, 4) is 0 Å². The van der Waals surface area contributed by atoms with Crippen molar-refractivity contribution in [2.75, 3.05) is 14.2 Å². The first-order valence-corrected chi connectivity index (χ1v) is 3.33. The number of amides is 1. The van der Waals surface area contributed by atoms with E-state index < -0.39 is 0 Å². The van der Waals surface area contributed by atoms with Gasteiger partial charge in [0.15, 0.2) is 0 Å². The van der Waals surface area contributed by atoms with E-state index in [-0.39, 0.29) is 11.7 Å². The van der Waals surface area contributed by atoms with Crippen LogP contribution in [-0.2, 0) is 11.9 Å². The van der Waals surface area contributed by atoms with Gasteiger partial charge in [-0.1, -0.05) is 0 Å². The monoisotopic (exact) mass is 170 g/mol. The van der Waals surface area contributed by atoms with Crippen molar-refractivity contribution in [3.63, 3.8) is 0 Å². The molecule has 1 aromatic rings. The highest BCUT2D eigenvalue weighted by Crippen LogP contribution is 1.96. The SMILES string of the molecule is CON(C)C(=O)c1ncnn1C. The average molecular weight is 170 g/mol. The van der Waals surface area contributed by atoms with Crippen LogP contribution in [0.25, 0.3) is 0 Å². The Morgan fingerprint density at radius 2 is 2.42 bits per heavy atom. The first kappa shape index (κ1) is 8.66. The second-order valence-electron chi connectivity index (χ2n) is 2.19. The van der Waals surface area contributed by atoms with Gasteiger partial charge in [0.25, 0.3) is 0 Å². The number of hydrogen-bond acceptors (Lipinski definition) is 4. The van der Waals surface area contributed by atoms with Gasteiger partial charge in [0, 0.05) is 14.1 Å². The zero-order chi connectivity index (χ0) is 9.14. The molecule has 0 bridgehead atoms. The second-order valence-corrected chi connectivity index (χ2v) is 2.19. The smallest absolute Gasteiger partial charge is 0.274 e. The number of aromatic nitrogens is 3. The third-order valence-electron chi connectivity index (χ3n) is 1.46. The molecule has 0 fully saturated rings. The standard InChI is InChI=1S/C6H10N4O2/c1-9-5(7-4-8-9)6(11)10(2)12-3/h4H,1-3H3. The van der Waals surface area contributed by atoms with E-state index in [0.717, 1.165) is 5.06 Å². The van der Waals surface area contributed by atoms with Crippen molar-refractivity contribution in [3.05, 3.63) is 12.2 Å². The summed E-state index contributed by atoms with van der Waals surface area (Å²) in [5.74, 6) is -0.0724. The van der Waals surface area contributed by atoms with Crippen LogP contribution in [0.5, 0.6) is 0 Å². The number of carbonyl (C=O) groups excluding carboxylic acids is 1. The van der Waals surface area contributed by atoms with E-state index in [0.29, 0.717) is 0 Å². The topological polar surface area (TPSA) is 60.2 Å². The maximum absolute atomic E-state index is 11.3. The van der Waals surface area contributed by atoms with Gasteiger partial charge in [-0.3, -0.25) is 9.63 Å². The summed E-state index contributed by atoms with van der Waals surface area (Å²) in [6.07, 6.45) is 1.32. The molecule has 12 heavy (non-hydrogen) atoms. The Balaban J connectivity index is 2.85. The molecule has 1 amide bonds. The summed E-state index contributed by atoms with van der Waals surface area (Å²) in [6.45, 7) is 0. The summed E-state index contributed by atoms with van der Waals surface area (Å²) in [7, 11) is 4.56. The molecule has 0 unspecified atom stereocenters. The quantitative estimate of drug-likeness (QED) is 0.559. The Labute approximate surface area is 69.7 Å². The van der Waals surface area contributed by atoms with E-state index in [2.05, 4.69) is 10.1 Å². The molecule has 0 N–H and O–H groups in total. The van der Waals surface area contributed by atoms with Gasteiger partial charge in [-0.15, -0.1) is 0 Å². The first-order chi connectivity index (χ1) is 5.66. The molecule has 0 aliphatic carbocycles. The van der Waals surface area contributed by atoms with E-state index in [4.69, 9.17) is 4.84 Å². The van der Waals surface area contributed by atoms with Crippen LogP contribution in [0.2, 0.25) is 0 Å². The van der Waals surface area contributed by atoms with Gasteiger partial charge in [-0.05, 0) is 0 Å². The molecule has 0 atom stereocenters. The van der Waals surface area contributed by atoms with Crippen molar-refractivity contribution in [1.82, 2.24) is 19.8 Å². The summed E-state index contributed by atoms with van der Waals surface area (Å²) in [5.41, 5.74) is 0. The molecule has 1 rings (SSSR count). The van der Waals surface area contributed by atoms with Crippen molar-refractivity contribution in [1.29, 1.82) is 0 Å². The van der Waals surface area contributed by atoms with Gasteiger partial charge in [0.1, 0.15) is 6.33 Å². The fourth-order valence-corrected chi connectivity index (χ4v) is 0.714. The number of aryl methyl sites for hydroxylation is 1. The van der Waals surface area contributed by atoms with Crippen LogP contribution in [-0.4, -0.2) is 39.9 Å². The van der Waals surface area contributed by atoms with E-state index >= 15 is 0 Å². The summed E-state index contributed by atoms with van der Waals surface area (Å²) < 4.78 is 1.39. The van der Waals surface area contributed by atoms with Crippen LogP contribution in [0.15, 0.2) is 6.33 Å². The van der Waals surface area contributed by atoms with E-state index in [9.17, 15) is 4.79 Å². The minimum absolute atomic E-state index is 0.249. The van der Waals surface area contributed by atoms with Gasteiger partial charge in [0.05, 0.1) is 7.11 Å². The molecular weight excluding hydrogens is 160 g/mol. The highest BCUT2D eigenvalue weighted by atomic mass is 16.7. The number of carbonyl (C=O) groups is 1. The highest BCUT2D eigenvalue weighted by molar-refractivity contribution is 5.89. The van der Waals surface area contributed by atoms with Crippen LogP contribution in [0.4, 0.5) is 0 Å². The highest BCUT2D eigenvalue weighted by Gasteiger charge is 2.15. The minimum atomic E-state index is -0.322. The first-order valence-electron chi connectivity index (χ1n) is 3.33. The lowest BCUT2D eigenvalue weighted by Gasteiger charge is -2.11. The number of hydrogen-bond donors (Lipinski definition) is 0. The summed E-state index contributed by atoms with van der Waals surface area (Å²) in [6, 6.07) is 0. The third-order valence-corrected chi connectivity index (χ3v) is 1.46. The van der Waals surface area contributed by atoms with E-state index in [1.807, 2.05) is 0 Å². The molecule has 0 radical (unpaired) electrons. The molecule has 1 aromatic heterocycles. The molecule has 6 heteroatoms.